The Morgan fingerprint density at radius 3 is 2.54 bits per heavy atom. The summed E-state index contributed by atoms with van der Waals surface area (Å²) in [5.41, 5.74) is 5.97. The summed E-state index contributed by atoms with van der Waals surface area (Å²) in [5.74, 6) is -0.526. The number of hydrogen-bond donors (Lipinski definition) is 3. The zero-order valence-electron chi connectivity index (χ0n) is 7.10. The summed E-state index contributed by atoms with van der Waals surface area (Å²) in [7, 11) is 1.63. The van der Waals surface area contributed by atoms with Crippen LogP contribution in [0.3, 0.4) is 0 Å². The third-order valence-corrected chi connectivity index (χ3v) is 1.55. The quantitative estimate of drug-likeness (QED) is 0.505. The molecular weight excluding hydrogens is 193 g/mol. The van der Waals surface area contributed by atoms with Gasteiger partial charge in [-0.05, 0) is 18.2 Å². The molecule has 0 aliphatic heterocycles. The molecule has 1 aromatic carbocycles. The van der Waals surface area contributed by atoms with Crippen LogP contribution in [-0.4, -0.2) is 12.9 Å². The number of nitrogens with two attached hydrogens (primary N) is 1. The number of halogens is 2. The molecule has 0 bridgehead atoms. The van der Waals surface area contributed by atoms with Crippen LogP contribution in [0.4, 0.5) is 10.1 Å². The van der Waals surface area contributed by atoms with E-state index in [9.17, 15) is 4.39 Å². The van der Waals surface area contributed by atoms with E-state index in [2.05, 4.69) is 5.32 Å². The van der Waals surface area contributed by atoms with E-state index in [-0.39, 0.29) is 18.2 Å². The van der Waals surface area contributed by atoms with Gasteiger partial charge in [0, 0.05) is 12.6 Å². The molecule has 0 aliphatic rings. The zero-order valence-corrected chi connectivity index (χ0v) is 7.91. The van der Waals surface area contributed by atoms with Gasteiger partial charge in [-0.3, -0.25) is 5.41 Å². The first kappa shape index (κ1) is 11.7. The topological polar surface area (TPSA) is 61.9 Å². The summed E-state index contributed by atoms with van der Waals surface area (Å²) in [6.45, 7) is 0. The predicted octanol–water partition coefficient (Wildman–Crippen LogP) is 1.57. The van der Waals surface area contributed by atoms with Gasteiger partial charge >= 0.3 is 0 Å². The SMILES string of the molecule is CNc1ccc(C(=N)N)cc1F.Cl. The van der Waals surface area contributed by atoms with Gasteiger partial charge in [0.1, 0.15) is 11.7 Å². The lowest BCUT2D eigenvalue weighted by atomic mass is 10.2. The maximum atomic E-state index is 13.0. The van der Waals surface area contributed by atoms with Crippen molar-refractivity contribution in [3.63, 3.8) is 0 Å². The summed E-state index contributed by atoms with van der Waals surface area (Å²) in [5, 5.41) is 9.73. The zero-order chi connectivity index (χ0) is 9.14. The molecule has 5 heteroatoms. The van der Waals surface area contributed by atoms with Crippen LogP contribution in [0.15, 0.2) is 18.2 Å². The highest BCUT2D eigenvalue weighted by atomic mass is 35.5. The van der Waals surface area contributed by atoms with Crippen LogP contribution < -0.4 is 11.1 Å². The van der Waals surface area contributed by atoms with Crippen LogP contribution in [0.1, 0.15) is 5.56 Å². The summed E-state index contributed by atoms with van der Waals surface area (Å²) in [6.07, 6.45) is 0. The summed E-state index contributed by atoms with van der Waals surface area (Å²) in [6, 6.07) is 4.37. The third kappa shape index (κ3) is 2.59. The van der Waals surface area contributed by atoms with E-state index < -0.39 is 5.82 Å². The maximum absolute atomic E-state index is 13.0. The van der Waals surface area contributed by atoms with E-state index in [0.29, 0.717) is 11.3 Å². The van der Waals surface area contributed by atoms with Crippen LogP contribution in [0.25, 0.3) is 0 Å². The lowest BCUT2D eigenvalue weighted by molar-refractivity contribution is 0.631. The molecule has 4 N–H and O–H groups in total. The van der Waals surface area contributed by atoms with Crippen molar-refractivity contribution in [2.75, 3.05) is 12.4 Å². The molecule has 0 saturated heterocycles. The Morgan fingerprint density at radius 1 is 1.54 bits per heavy atom. The Bertz CT molecular complexity index is 314. The number of amidine groups is 1. The molecule has 0 amide bonds. The van der Waals surface area contributed by atoms with Crippen molar-refractivity contribution >= 4 is 23.9 Å². The maximum Gasteiger partial charge on any atom is 0.147 e. The first-order chi connectivity index (χ1) is 5.65. The molecule has 3 nitrogen and oxygen atoms in total. The van der Waals surface area contributed by atoms with Gasteiger partial charge in [0.05, 0.1) is 5.69 Å². The first-order valence-electron chi connectivity index (χ1n) is 3.47. The van der Waals surface area contributed by atoms with E-state index in [4.69, 9.17) is 11.1 Å². The van der Waals surface area contributed by atoms with Crippen molar-refractivity contribution in [1.29, 1.82) is 5.41 Å². The number of anilines is 1. The second-order valence-electron chi connectivity index (χ2n) is 2.36. The van der Waals surface area contributed by atoms with E-state index >= 15 is 0 Å². The van der Waals surface area contributed by atoms with Gasteiger partial charge < -0.3 is 11.1 Å². The monoisotopic (exact) mass is 203 g/mol. The fourth-order valence-electron chi connectivity index (χ4n) is 0.885. The highest BCUT2D eigenvalue weighted by Crippen LogP contribution is 2.14. The molecule has 0 unspecified atom stereocenters. The van der Waals surface area contributed by atoms with Crippen molar-refractivity contribution in [3.8, 4) is 0 Å². The highest BCUT2D eigenvalue weighted by molar-refractivity contribution is 5.95. The highest BCUT2D eigenvalue weighted by Gasteiger charge is 2.02. The second-order valence-corrected chi connectivity index (χ2v) is 2.36. The number of benzene rings is 1. The minimum absolute atomic E-state index is 0. The second kappa shape index (κ2) is 4.67. The van der Waals surface area contributed by atoms with Gasteiger partial charge in [-0.25, -0.2) is 4.39 Å². The Balaban J connectivity index is 0.00000144. The minimum atomic E-state index is -0.398. The standard InChI is InChI=1S/C8H10FN3.ClH/c1-12-7-3-2-5(8(10)11)4-6(7)9;/h2-4,12H,1H3,(H3,10,11);1H. The lowest BCUT2D eigenvalue weighted by Crippen LogP contribution is -2.11. The predicted molar refractivity (Wildman–Crippen MR) is 54.2 cm³/mol. The summed E-state index contributed by atoms with van der Waals surface area (Å²) >= 11 is 0. The van der Waals surface area contributed by atoms with Gasteiger partial charge in [-0.15, -0.1) is 12.4 Å². The Hall–Kier alpha value is -1.29. The molecule has 0 radical (unpaired) electrons. The smallest absolute Gasteiger partial charge is 0.147 e. The fraction of sp³-hybridized carbons (Fsp3) is 0.125. The molecule has 0 aliphatic carbocycles. The van der Waals surface area contributed by atoms with Crippen molar-refractivity contribution in [3.05, 3.63) is 29.6 Å². The molecule has 1 rings (SSSR count). The van der Waals surface area contributed by atoms with E-state index in [0.717, 1.165) is 0 Å². The van der Waals surface area contributed by atoms with Crippen molar-refractivity contribution < 1.29 is 4.39 Å². The van der Waals surface area contributed by atoms with E-state index in [1.807, 2.05) is 0 Å². The Morgan fingerprint density at radius 2 is 2.15 bits per heavy atom. The molecule has 13 heavy (non-hydrogen) atoms. The van der Waals surface area contributed by atoms with E-state index in [1.54, 1.807) is 19.2 Å². The van der Waals surface area contributed by atoms with Crippen LogP contribution in [0, 0.1) is 11.2 Å². The van der Waals surface area contributed by atoms with Crippen LogP contribution in [0.2, 0.25) is 0 Å². The minimum Gasteiger partial charge on any atom is -0.386 e. The molecule has 0 fully saturated rings. The summed E-state index contributed by atoms with van der Waals surface area (Å²) < 4.78 is 13.0. The van der Waals surface area contributed by atoms with Gasteiger partial charge in [0.25, 0.3) is 0 Å². The number of rotatable bonds is 2. The average Bonchev–Trinajstić information content (AvgIpc) is 2.04. The molecule has 0 atom stereocenters. The van der Waals surface area contributed by atoms with Crippen LogP contribution in [-0.2, 0) is 0 Å². The van der Waals surface area contributed by atoms with E-state index in [1.165, 1.54) is 6.07 Å². The summed E-state index contributed by atoms with van der Waals surface area (Å²) in [4.78, 5) is 0. The first-order valence-corrected chi connectivity index (χ1v) is 3.47. The lowest BCUT2D eigenvalue weighted by Gasteiger charge is -2.03. The largest absolute Gasteiger partial charge is 0.386 e. The number of nitrogens with one attached hydrogen (secondary N) is 2. The van der Waals surface area contributed by atoms with Crippen molar-refractivity contribution in [1.82, 2.24) is 0 Å². The van der Waals surface area contributed by atoms with Gasteiger partial charge in [0.2, 0.25) is 0 Å². The molecule has 1 aromatic rings. The van der Waals surface area contributed by atoms with Crippen LogP contribution in [0.5, 0.6) is 0 Å². The molecular formula is C8H11ClFN3. The molecule has 0 saturated carbocycles. The molecule has 0 spiro atoms. The normalized spacial score (nSPS) is 8.77. The molecule has 0 aromatic heterocycles. The van der Waals surface area contributed by atoms with Gasteiger partial charge in [0.15, 0.2) is 0 Å². The van der Waals surface area contributed by atoms with Gasteiger partial charge in [-0.1, -0.05) is 0 Å². The number of nitrogen functional groups attached to an aromatic ring is 1. The van der Waals surface area contributed by atoms with Crippen molar-refractivity contribution in [2.24, 2.45) is 5.73 Å². The van der Waals surface area contributed by atoms with Gasteiger partial charge in [-0.2, -0.15) is 0 Å². The molecule has 72 valence electrons. The Kier molecular flexibility index (Phi) is 4.20. The fourth-order valence-corrected chi connectivity index (χ4v) is 0.885. The number of hydrogen-bond acceptors (Lipinski definition) is 2. The third-order valence-electron chi connectivity index (χ3n) is 1.55. The Labute approximate surface area is 82.1 Å². The molecule has 0 heterocycles. The average molecular weight is 204 g/mol. The van der Waals surface area contributed by atoms with Crippen molar-refractivity contribution in [2.45, 2.75) is 0 Å². The van der Waals surface area contributed by atoms with Crippen LogP contribution >= 0.6 is 12.4 Å².